The van der Waals surface area contributed by atoms with Crippen LogP contribution in [0.15, 0.2) is 18.2 Å². The van der Waals surface area contributed by atoms with Crippen molar-refractivity contribution in [2.45, 2.75) is 59.8 Å². The molecule has 0 unspecified atom stereocenters. The number of benzene rings is 1. The highest BCUT2D eigenvalue weighted by molar-refractivity contribution is 5.41. The Morgan fingerprint density at radius 2 is 1.90 bits per heavy atom. The van der Waals surface area contributed by atoms with Gasteiger partial charge in [0.1, 0.15) is 5.75 Å². The standard InChI is InChI=1S/C19H28O/c1-7-8-9-10-16-11-12-18(20-14-15(2)3)17(13-16)19(4,5)6/h11-13,15H,9-10,14H2,1-6H3. The predicted molar refractivity (Wildman–Crippen MR) is 87.2 cm³/mol. The van der Waals surface area contributed by atoms with E-state index in [2.05, 4.69) is 64.7 Å². The highest BCUT2D eigenvalue weighted by atomic mass is 16.5. The molecular weight excluding hydrogens is 244 g/mol. The minimum atomic E-state index is 0.0960. The van der Waals surface area contributed by atoms with Gasteiger partial charge in [0.25, 0.3) is 0 Å². The van der Waals surface area contributed by atoms with Gasteiger partial charge in [0, 0.05) is 6.42 Å². The SMILES string of the molecule is CC#CCCc1ccc(OCC(C)C)c(C(C)(C)C)c1. The van der Waals surface area contributed by atoms with Crippen molar-refractivity contribution >= 4 is 0 Å². The lowest BCUT2D eigenvalue weighted by Gasteiger charge is -2.24. The average molecular weight is 272 g/mol. The molecule has 0 bridgehead atoms. The van der Waals surface area contributed by atoms with E-state index in [0.717, 1.165) is 25.2 Å². The third-order valence-electron chi connectivity index (χ3n) is 3.14. The summed E-state index contributed by atoms with van der Waals surface area (Å²) in [5, 5.41) is 0. The number of hydrogen-bond acceptors (Lipinski definition) is 1. The first-order valence-corrected chi connectivity index (χ1v) is 7.50. The maximum absolute atomic E-state index is 5.98. The highest BCUT2D eigenvalue weighted by Crippen LogP contribution is 2.32. The zero-order valence-corrected chi connectivity index (χ0v) is 13.8. The lowest BCUT2D eigenvalue weighted by Crippen LogP contribution is -2.15. The molecule has 0 aromatic heterocycles. The lowest BCUT2D eigenvalue weighted by atomic mass is 9.85. The lowest BCUT2D eigenvalue weighted by molar-refractivity contribution is 0.265. The Labute approximate surface area is 124 Å². The molecule has 110 valence electrons. The van der Waals surface area contributed by atoms with Crippen LogP contribution in [0.5, 0.6) is 5.75 Å². The van der Waals surface area contributed by atoms with E-state index in [4.69, 9.17) is 4.74 Å². The van der Waals surface area contributed by atoms with Crippen molar-refractivity contribution in [1.82, 2.24) is 0 Å². The Balaban J connectivity index is 2.96. The third kappa shape index (κ3) is 5.29. The van der Waals surface area contributed by atoms with Gasteiger partial charge in [-0.25, -0.2) is 0 Å². The molecule has 0 aliphatic carbocycles. The minimum Gasteiger partial charge on any atom is -0.493 e. The summed E-state index contributed by atoms with van der Waals surface area (Å²) in [6, 6.07) is 6.58. The summed E-state index contributed by atoms with van der Waals surface area (Å²) >= 11 is 0. The molecule has 1 heteroatoms. The van der Waals surface area contributed by atoms with Crippen molar-refractivity contribution in [1.29, 1.82) is 0 Å². The molecule has 1 rings (SSSR count). The first-order valence-electron chi connectivity index (χ1n) is 7.50. The Kier molecular flexibility index (Phi) is 6.14. The first kappa shape index (κ1) is 16.6. The van der Waals surface area contributed by atoms with Gasteiger partial charge in [-0.1, -0.05) is 46.8 Å². The molecule has 1 aromatic carbocycles. The van der Waals surface area contributed by atoms with Gasteiger partial charge in [0.2, 0.25) is 0 Å². The van der Waals surface area contributed by atoms with Crippen molar-refractivity contribution in [2.24, 2.45) is 5.92 Å². The molecule has 1 nitrogen and oxygen atoms in total. The van der Waals surface area contributed by atoms with Crippen LogP contribution in [-0.2, 0) is 11.8 Å². The average Bonchev–Trinajstić information content (AvgIpc) is 2.36. The van der Waals surface area contributed by atoms with E-state index in [1.807, 2.05) is 6.92 Å². The summed E-state index contributed by atoms with van der Waals surface area (Å²) in [4.78, 5) is 0. The maximum Gasteiger partial charge on any atom is 0.123 e. The van der Waals surface area contributed by atoms with E-state index in [9.17, 15) is 0 Å². The molecule has 0 saturated heterocycles. The molecule has 0 atom stereocenters. The molecule has 0 N–H and O–H groups in total. The Morgan fingerprint density at radius 3 is 2.45 bits per heavy atom. The molecule has 1 aromatic rings. The van der Waals surface area contributed by atoms with E-state index >= 15 is 0 Å². The summed E-state index contributed by atoms with van der Waals surface area (Å²) in [6.45, 7) is 13.7. The molecule has 0 aliphatic rings. The van der Waals surface area contributed by atoms with E-state index < -0.39 is 0 Å². The van der Waals surface area contributed by atoms with E-state index in [-0.39, 0.29) is 5.41 Å². The number of ether oxygens (including phenoxy) is 1. The van der Waals surface area contributed by atoms with Gasteiger partial charge in [0.15, 0.2) is 0 Å². The normalized spacial score (nSPS) is 11.2. The van der Waals surface area contributed by atoms with Crippen molar-refractivity contribution in [3.63, 3.8) is 0 Å². The van der Waals surface area contributed by atoms with Gasteiger partial charge in [-0.2, -0.15) is 0 Å². The number of aryl methyl sites for hydroxylation is 1. The van der Waals surface area contributed by atoms with E-state index in [1.165, 1.54) is 11.1 Å². The minimum absolute atomic E-state index is 0.0960. The predicted octanol–water partition coefficient (Wildman–Crippen LogP) is 4.97. The number of hydrogen-bond donors (Lipinski definition) is 0. The second-order valence-electron chi connectivity index (χ2n) is 6.71. The van der Waals surface area contributed by atoms with Crippen LogP contribution in [0.2, 0.25) is 0 Å². The molecule has 0 aliphatic heterocycles. The molecule has 0 spiro atoms. The van der Waals surface area contributed by atoms with Crippen LogP contribution >= 0.6 is 0 Å². The van der Waals surface area contributed by atoms with E-state index in [1.54, 1.807) is 0 Å². The van der Waals surface area contributed by atoms with Crippen molar-refractivity contribution < 1.29 is 4.74 Å². The molecular formula is C19H28O. The van der Waals surface area contributed by atoms with Crippen LogP contribution in [0.4, 0.5) is 0 Å². The van der Waals surface area contributed by atoms with Crippen LogP contribution < -0.4 is 4.74 Å². The van der Waals surface area contributed by atoms with Crippen molar-refractivity contribution in [3.05, 3.63) is 29.3 Å². The molecule has 0 fully saturated rings. The van der Waals surface area contributed by atoms with Crippen LogP contribution in [0, 0.1) is 17.8 Å². The zero-order valence-electron chi connectivity index (χ0n) is 13.8. The zero-order chi connectivity index (χ0) is 15.2. The summed E-state index contributed by atoms with van der Waals surface area (Å²) in [5.74, 6) is 7.65. The van der Waals surface area contributed by atoms with Crippen LogP contribution in [-0.4, -0.2) is 6.61 Å². The number of rotatable bonds is 5. The Bertz CT molecular complexity index is 481. The molecule has 0 heterocycles. The van der Waals surface area contributed by atoms with Crippen LogP contribution in [0.25, 0.3) is 0 Å². The summed E-state index contributed by atoms with van der Waals surface area (Å²) in [7, 11) is 0. The smallest absolute Gasteiger partial charge is 0.123 e. The van der Waals surface area contributed by atoms with Gasteiger partial charge >= 0.3 is 0 Å². The van der Waals surface area contributed by atoms with E-state index in [0.29, 0.717) is 5.92 Å². The summed E-state index contributed by atoms with van der Waals surface area (Å²) in [6.07, 6.45) is 1.93. The molecule has 0 radical (unpaired) electrons. The highest BCUT2D eigenvalue weighted by Gasteiger charge is 2.19. The molecule has 20 heavy (non-hydrogen) atoms. The third-order valence-corrected chi connectivity index (χ3v) is 3.14. The Morgan fingerprint density at radius 1 is 1.20 bits per heavy atom. The van der Waals surface area contributed by atoms with Crippen LogP contribution in [0.3, 0.4) is 0 Å². The molecule has 0 amide bonds. The van der Waals surface area contributed by atoms with Crippen LogP contribution in [0.1, 0.15) is 59.1 Å². The summed E-state index contributed by atoms with van der Waals surface area (Å²) in [5.41, 5.74) is 2.73. The van der Waals surface area contributed by atoms with Crippen molar-refractivity contribution in [3.8, 4) is 17.6 Å². The fourth-order valence-corrected chi connectivity index (χ4v) is 2.03. The monoisotopic (exact) mass is 272 g/mol. The second kappa shape index (κ2) is 7.39. The van der Waals surface area contributed by atoms with Gasteiger partial charge in [-0.15, -0.1) is 11.8 Å². The quantitative estimate of drug-likeness (QED) is 0.687. The maximum atomic E-state index is 5.98. The van der Waals surface area contributed by atoms with Gasteiger partial charge in [-0.05, 0) is 41.9 Å². The van der Waals surface area contributed by atoms with Gasteiger partial charge in [-0.3, -0.25) is 0 Å². The largest absolute Gasteiger partial charge is 0.493 e. The first-order chi connectivity index (χ1) is 9.34. The molecule has 0 saturated carbocycles. The second-order valence-corrected chi connectivity index (χ2v) is 6.71. The Hall–Kier alpha value is -1.42. The van der Waals surface area contributed by atoms with Gasteiger partial charge in [0.05, 0.1) is 6.61 Å². The van der Waals surface area contributed by atoms with Gasteiger partial charge < -0.3 is 4.74 Å². The van der Waals surface area contributed by atoms with Crippen molar-refractivity contribution in [2.75, 3.05) is 6.61 Å². The fourth-order valence-electron chi connectivity index (χ4n) is 2.03. The fraction of sp³-hybridized carbons (Fsp3) is 0.579. The summed E-state index contributed by atoms with van der Waals surface area (Å²) < 4.78 is 5.98. The topological polar surface area (TPSA) is 9.23 Å².